The van der Waals surface area contributed by atoms with Crippen molar-refractivity contribution < 1.29 is 9.53 Å². The van der Waals surface area contributed by atoms with Crippen molar-refractivity contribution >= 4 is 33.4 Å². The summed E-state index contributed by atoms with van der Waals surface area (Å²) in [6, 6.07) is 3.74. The number of aryl methyl sites for hydroxylation is 2. The van der Waals surface area contributed by atoms with Crippen LogP contribution in [-0.2, 0) is 16.6 Å². The molecular formula is C28H37N7O2S. The number of hydrogen-bond acceptors (Lipinski definition) is 8. The smallest absolute Gasteiger partial charge is 0.243 e. The van der Waals surface area contributed by atoms with E-state index in [2.05, 4.69) is 63.5 Å². The third-order valence-electron chi connectivity index (χ3n) is 6.86. The molecule has 0 fully saturated rings. The zero-order chi connectivity index (χ0) is 27.6. The quantitative estimate of drug-likeness (QED) is 0.383. The molecule has 1 aliphatic rings. The molecule has 3 aromatic heterocycles. The van der Waals surface area contributed by atoms with Crippen LogP contribution in [0, 0.1) is 13.8 Å². The molecule has 0 radical (unpaired) electrons. The first kappa shape index (κ1) is 27.6. The maximum absolute atomic E-state index is 12.3. The van der Waals surface area contributed by atoms with E-state index >= 15 is 0 Å². The second-order valence-corrected chi connectivity index (χ2v) is 11.0. The fourth-order valence-corrected chi connectivity index (χ4v) is 5.72. The number of nitrogens with zero attached hydrogens (tertiary/aromatic N) is 5. The van der Waals surface area contributed by atoms with Gasteiger partial charge < -0.3 is 24.8 Å². The number of methoxy groups -OCH3 is 1. The van der Waals surface area contributed by atoms with Crippen molar-refractivity contribution in [3.63, 3.8) is 0 Å². The number of nitrogens with one attached hydrogen (secondary N) is 2. The molecule has 0 aromatic carbocycles. The van der Waals surface area contributed by atoms with E-state index in [1.54, 1.807) is 24.6 Å². The van der Waals surface area contributed by atoms with Crippen molar-refractivity contribution in [2.24, 2.45) is 7.05 Å². The van der Waals surface area contributed by atoms with Gasteiger partial charge in [0.15, 0.2) is 0 Å². The number of fused-ring (bicyclic) bond motifs is 1. The number of thiophene rings is 1. The highest BCUT2D eigenvalue weighted by Crippen LogP contribution is 2.38. The van der Waals surface area contributed by atoms with E-state index in [0.29, 0.717) is 17.4 Å². The van der Waals surface area contributed by atoms with Crippen LogP contribution in [0.1, 0.15) is 10.6 Å². The average molecular weight is 536 g/mol. The topological polar surface area (TPSA) is 87.5 Å². The second-order valence-electron chi connectivity index (χ2n) is 9.81. The summed E-state index contributed by atoms with van der Waals surface area (Å²) in [5.74, 6) is 0.878. The lowest BCUT2D eigenvalue weighted by Gasteiger charge is -2.35. The molecule has 3 aromatic rings. The first-order chi connectivity index (χ1) is 18.1. The summed E-state index contributed by atoms with van der Waals surface area (Å²) in [6.45, 7) is 9.55. The average Bonchev–Trinajstić information content (AvgIpc) is 3.37. The molecule has 0 spiro atoms. The second kappa shape index (κ2) is 11.5. The van der Waals surface area contributed by atoms with Gasteiger partial charge in [-0.25, -0.2) is 9.97 Å². The Morgan fingerprint density at radius 1 is 1.26 bits per heavy atom. The number of rotatable bonds is 10. The van der Waals surface area contributed by atoms with E-state index in [9.17, 15) is 4.79 Å². The molecule has 0 saturated carbocycles. The summed E-state index contributed by atoms with van der Waals surface area (Å²) >= 11 is 1.78. The first-order valence-electron chi connectivity index (χ1n) is 12.5. The van der Waals surface area contributed by atoms with Crippen LogP contribution in [-0.4, -0.2) is 83.7 Å². The maximum Gasteiger partial charge on any atom is 0.243 e. The van der Waals surface area contributed by atoms with Gasteiger partial charge in [0.25, 0.3) is 0 Å². The fraction of sp³-hybridized carbons (Fsp3) is 0.393. The third kappa shape index (κ3) is 5.67. The summed E-state index contributed by atoms with van der Waals surface area (Å²) in [7, 11) is 9.85. The van der Waals surface area contributed by atoms with Gasteiger partial charge in [0.05, 0.1) is 30.6 Å². The number of amides is 1. The Kier molecular flexibility index (Phi) is 8.35. The molecule has 2 unspecified atom stereocenters. The molecule has 0 aliphatic heterocycles. The van der Waals surface area contributed by atoms with Gasteiger partial charge in [-0.3, -0.25) is 9.69 Å². The molecule has 1 amide bonds. The van der Waals surface area contributed by atoms with Gasteiger partial charge in [0.1, 0.15) is 10.6 Å². The van der Waals surface area contributed by atoms with Gasteiger partial charge in [-0.05, 0) is 65.4 Å². The van der Waals surface area contributed by atoms with Crippen molar-refractivity contribution in [3.8, 4) is 11.3 Å². The Balaban J connectivity index is 1.66. The number of carbonyl (C=O) groups excluding carboxylic acids is 1. The SMILES string of the molecule is C=CC(=O)NC1C=C(Nc2nccc(-c3c(C)n(C)c4sc(C)cc34)n2)C(OC)=CC1N(C)CCN(C)C. The predicted molar refractivity (Wildman–Crippen MR) is 155 cm³/mol. The first-order valence-corrected chi connectivity index (χ1v) is 13.4. The highest BCUT2D eigenvalue weighted by molar-refractivity contribution is 7.18. The number of carbonyl (C=O) groups is 1. The lowest BCUT2D eigenvalue weighted by atomic mass is 9.98. The van der Waals surface area contributed by atoms with Crippen molar-refractivity contribution in [2.75, 3.05) is 46.7 Å². The molecule has 2 N–H and O–H groups in total. The Bertz CT molecular complexity index is 1400. The van der Waals surface area contributed by atoms with Crippen LogP contribution < -0.4 is 10.6 Å². The zero-order valence-corrected chi connectivity index (χ0v) is 24.0. The lowest BCUT2D eigenvalue weighted by molar-refractivity contribution is -0.117. The van der Waals surface area contributed by atoms with E-state index in [1.807, 2.05) is 39.4 Å². The van der Waals surface area contributed by atoms with Crippen LogP contribution in [0.5, 0.6) is 0 Å². The highest BCUT2D eigenvalue weighted by Gasteiger charge is 2.30. The van der Waals surface area contributed by atoms with Crippen molar-refractivity contribution in [1.29, 1.82) is 0 Å². The zero-order valence-electron chi connectivity index (χ0n) is 23.2. The Morgan fingerprint density at radius 3 is 2.71 bits per heavy atom. The molecule has 9 nitrogen and oxygen atoms in total. The standard InChI is InChI=1S/C28H37N7O2S/c1-9-25(36)30-21-15-22(24(37-8)16-23(21)34(6)13-12-33(4)5)32-28-29-11-10-20(31-28)26-18(3)35(7)27-19(26)14-17(2)38-27/h9-11,14-16,21,23H,1,12-13H2,2-8H3,(H,30,36)(H,29,31,32). The minimum Gasteiger partial charge on any atom is -0.495 e. The van der Waals surface area contributed by atoms with Crippen molar-refractivity contribution in [2.45, 2.75) is 25.9 Å². The monoisotopic (exact) mass is 535 g/mol. The lowest BCUT2D eigenvalue weighted by Crippen LogP contribution is -2.51. The Labute approximate surface area is 228 Å². The maximum atomic E-state index is 12.3. The number of likely N-dealkylation sites (N-methyl/N-ethyl adjacent to an activating group) is 2. The number of ether oxygens (including phenoxy) is 1. The molecule has 4 rings (SSSR count). The van der Waals surface area contributed by atoms with E-state index in [0.717, 1.165) is 30.0 Å². The van der Waals surface area contributed by atoms with Crippen LogP contribution in [0.3, 0.4) is 0 Å². The van der Waals surface area contributed by atoms with Crippen LogP contribution >= 0.6 is 11.3 Å². The van der Waals surface area contributed by atoms with Crippen molar-refractivity contribution in [3.05, 3.63) is 65.2 Å². The summed E-state index contributed by atoms with van der Waals surface area (Å²) in [5, 5.41) is 7.58. The van der Waals surface area contributed by atoms with Crippen molar-refractivity contribution in [1.82, 2.24) is 29.7 Å². The molecular weight excluding hydrogens is 498 g/mol. The van der Waals surface area contributed by atoms with E-state index < -0.39 is 0 Å². The number of hydrogen-bond donors (Lipinski definition) is 2. The van der Waals surface area contributed by atoms with Gasteiger partial charge in [-0.15, -0.1) is 11.3 Å². The van der Waals surface area contributed by atoms with Gasteiger partial charge in [0.2, 0.25) is 11.9 Å². The van der Waals surface area contributed by atoms with Gasteiger partial charge >= 0.3 is 0 Å². The largest absolute Gasteiger partial charge is 0.495 e. The molecule has 2 atom stereocenters. The molecule has 10 heteroatoms. The van der Waals surface area contributed by atoms with E-state index in [1.165, 1.54) is 21.2 Å². The minimum absolute atomic E-state index is 0.103. The van der Waals surface area contributed by atoms with E-state index in [4.69, 9.17) is 9.72 Å². The van der Waals surface area contributed by atoms with Crippen LogP contribution in [0.25, 0.3) is 21.5 Å². The number of aromatic nitrogens is 3. The summed E-state index contributed by atoms with van der Waals surface area (Å²) in [4.78, 5) is 28.5. The molecule has 202 valence electrons. The number of anilines is 1. The summed E-state index contributed by atoms with van der Waals surface area (Å²) < 4.78 is 7.98. The summed E-state index contributed by atoms with van der Waals surface area (Å²) in [6.07, 6.45) is 7.03. The highest BCUT2D eigenvalue weighted by atomic mass is 32.1. The fourth-order valence-electron chi connectivity index (χ4n) is 4.70. The Hall–Kier alpha value is -3.47. The van der Waals surface area contributed by atoms with Gasteiger partial charge in [-0.2, -0.15) is 0 Å². The third-order valence-corrected chi connectivity index (χ3v) is 7.98. The molecule has 0 saturated heterocycles. The van der Waals surface area contributed by atoms with Crippen LogP contribution in [0.15, 0.2) is 54.6 Å². The molecule has 38 heavy (non-hydrogen) atoms. The Morgan fingerprint density at radius 2 is 2.03 bits per heavy atom. The minimum atomic E-state index is -0.304. The normalized spacial score (nSPS) is 17.5. The molecule has 0 bridgehead atoms. The van der Waals surface area contributed by atoms with Gasteiger partial charge in [-0.1, -0.05) is 6.58 Å². The van der Waals surface area contributed by atoms with Crippen LogP contribution in [0.2, 0.25) is 0 Å². The van der Waals surface area contributed by atoms with Crippen LogP contribution in [0.4, 0.5) is 5.95 Å². The summed E-state index contributed by atoms with van der Waals surface area (Å²) in [5.41, 5.74) is 3.80. The van der Waals surface area contributed by atoms with Gasteiger partial charge in [0, 0.05) is 47.9 Å². The van der Waals surface area contributed by atoms with E-state index in [-0.39, 0.29) is 18.0 Å². The molecule has 3 heterocycles. The predicted octanol–water partition coefficient (Wildman–Crippen LogP) is 3.69. The molecule has 1 aliphatic carbocycles.